The molecular weight excluding hydrogens is 1100 g/mol. The van der Waals surface area contributed by atoms with Crippen LogP contribution < -0.4 is 54.3 Å². The van der Waals surface area contributed by atoms with Crippen LogP contribution in [0, 0.1) is 11.8 Å². The summed E-state index contributed by atoms with van der Waals surface area (Å²) in [5.41, 5.74) is 7.90. The smallest absolute Gasteiger partial charge is 0.119 e. The van der Waals surface area contributed by atoms with Crippen LogP contribution in [-0.2, 0) is 25.7 Å². The molecule has 14 heteroatoms. The second-order valence-electron chi connectivity index (χ2n) is 24.4. The molecule has 12 rings (SSSR count). The van der Waals surface area contributed by atoms with E-state index < -0.39 is 11.2 Å². The third-order valence-corrected chi connectivity index (χ3v) is 16.9. The Balaban J connectivity index is 0.000000223. The lowest BCUT2D eigenvalue weighted by atomic mass is 9.86. The zero-order valence-corrected chi connectivity index (χ0v) is 54.6. The number of hydrogen-bond acceptors (Lipinski definition) is 14. The van der Waals surface area contributed by atoms with Crippen molar-refractivity contribution in [1.82, 2.24) is 49.0 Å². The maximum absolute atomic E-state index is 10.3. The van der Waals surface area contributed by atoms with E-state index in [0.717, 1.165) is 127 Å². The normalized spacial score (nSPS) is 18.1. The van der Waals surface area contributed by atoms with Crippen molar-refractivity contribution in [2.45, 2.75) is 140 Å². The molecule has 0 atom stereocenters. The van der Waals surface area contributed by atoms with Gasteiger partial charge in [-0.15, -0.1) is 0 Å². The lowest BCUT2D eigenvalue weighted by molar-refractivity contribution is 0.0104. The Morgan fingerprint density at radius 1 is 0.427 bits per heavy atom. The van der Waals surface area contributed by atoms with Crippen LogP contribution >= 0.6 is 0 Å². The number of aliphatic hydroxyl groups is 2. The Hall–Kier alpha value is -5.56. The molecule has 6 aliphatic heterocycles. The highest BCUT2D eigenvalue weighted by Crippen LogP contribution is 2.25. The number of ether oxygens (including phenoxy) is 2. The van der Waals surface area contributed by atoms with Gasteiger partial charge < -0.3 is 53.3 Å². The third kappa shape index (κ3) is 35.0. The van der Waals surface area contributed by atoms with E-state index in [2.05, 4.69) is 124 Å². The lowest BCUT2D eigenvalue weighted by Gasteiger charge is -2.32. The Bertz CT molecular complexity index is 2390. The van der Waals surface area contributed by atoms with E-state index in [4.69, 9.17) is 15.3 Å². The molecule has 0 bridgehead atoms. The van der Waals surface area contributed by atoms with Gasteiger partial charge in [-0.1, -0.05) is 177 Å². The highest BCUT2D eigenvalue weighted by molar-refractivity contribution is 5.23. The van der Waals surface area contributed by atoms with Gasteiger partial charge in [-0.2, -0.15) is 0 Å². The van der Waals surface area contributed by atoms with Crippen molar-refractivity contribution in [3.8, 4) is 11.5 Å². The van der Waals surface area contributed by atoms with E-state index in [1.165, 1.54) is 139 Å². The van der Waals surface area contributed by atoms with Crippen LogP contribution in [0.3, 0.4) is 0 Å². The fourth-order valence-electron chi connectivity index (χ4n) is 11.8. The quantitative estimate of drug-likeness (QED) is 0.0322. The predicted molar refractivity (Wildman–Crippen MR) is 373 cm³/mol. The molecule has 14 nitrogen and oxygen atoms in total. The number of hydrazine groups is 2. The highest BCUT2D eigenvalue weighted by Gasteiger charge is 2.30. The van der Waals surface area contributed by atoms with E-state index in [1.54, 1.807) is 0 Å². The summed E-state index contributed by atoms with van der Waals surface area (Å²) in [5.74, 6) is 9.19. The second-order valence-corrected chi connectivity index (χ2v) is 24.4. The molecule has 0 aliphatic carbocycles. The molecule has 0 saturated carbocycles. The van der Waals surface area contributed by atoms with Crippen LogP contribution in [0.15, 0.2) is 182 Å². The monoisotopic (exact) mass is 1220 g/mol. The molecule has 6 aromatic rings. The maximum atomic E-state index is 10.3. The molecule has 0 aromatic heterocycles. The van der Waals surface area contributed by atoms with Gasteiger partial charge in [0.05, 0.1) is 17.8 Å². The Labute approximate surface area is 538 Å². The van der Waals surface area contributed by atoms with Crippen molar-refractivity contribution in [2.75, 3.05) is 98.3 Å². The molecule has 6 fully saturated rings. The summed E-state index contributed by atoms with van der Waals surface area (Å²) >= 11 is 0. The molecule has 89 heavy (non-hydrogen) atoms. The summed E-state index contributed by atoms with van der Waals surface area (Å²) < 4.78 is 11.0. The molecule has 0 amide bonds. The lowest BCUT2D eigenvalue weighted by Crippen LogP contribution is -2.43. The first-order valence-corrected chi connectivity index (χ1v) is 33.5. The fraction of sp³-hybridized carbons (Fsp3) is 0.520. The van der Waals surface area contributed by atoms with Crippen LogP contribution in [-0.4, -0.2) is 130 Å². The second kappa shape index (κ2) is 47.4. The standard InChI is InChI=1S/C13H20N2O.2C12H17NO.2C12H17N.C9H12O.C5H12N2.2H3N/c1-3-7-13(8-4-1)16-12-9-14-15-10-5-2-6-11-15;2*14-12(6-8-13-9-7-12)10-11-4-2-1-3-5-11;2*1-2-4-11(5-3-1)10-12-6-8-13-9-7-12;1-2-8-10-9-6-4-3-5-7-9;6-7-4-2-1-3-5-7;;/h1,3-4,7-8,14H,2,5-6,9-12H2;2*1-5,13-14H,6-10H2;2*1-5,12-13H,6-10H2;3-7H,2,8H2,1H3;1-6H2;2*1H3. The molecular formula is C75H118N10O4. The highest BCUT2D eigenvalue weighted by atomic mass is 16.5. The average molecular weight is 1220 g/mol. The molecule has 6 saturated heterocycles. The number of benzene rings is 6. The third-order valence-electron chi connectivity index (χ3n) is 16.9. The largest absolute Gasteiger partial charge is 0.494 e. The van der Waals surface area contributed by atoms with Gasteiger partial charge in [-0.3, -0.25) is 11.3 Å². The van der Waals surface area contributed by atoms with Gasteiger partial charge in [0.25, 0.3) is 0 Å². The average Bonchev–Trinajstić information content (AvgIpc) is 3.77. The van der Waals surface area contributed by atoms with Gasteiger partial charge >= 0.3 is 0 Å². The van der Waals surface area contributed by atoms with Crippen molar-refractivity contribution in [3.05, 3.63) is 204 Å². The van der Waals surface area contributed by atoms with Crippen molar-refractivity contribution in [2.24, 2.45) is 17.7 Å². The summed E-state index contributed by atoms with van der Waals surface area (Å²) in [6, 6.07) is 62.0. The summed E-state index contributed by atoms with van der Waals surface area (Å²) in [6.07, 6.45) is 21.9. The van der Waals surface area contributed by atoms with E-state index in [1.807, 2.05) is 102 Å². The number of hydrogen-bond donors (Lipinski definition) is 10. The minimum atomic E-state index is -0.480. The molecule has 15 N–H and O–H groups in total. The molecule has 0 spiro atoms. The van der Waals surface area contributed by atoms with E-state index in [9.17, 15) is 10.2 Å². The van der Waals surface area contributed by atoms with Gasteiger partial charge in [-0.25, -0.2) is 10.0 Å². The first-order valence-electron chi connectivity index (χ1n) is 33.5. The molecule has 6 heterocycles. The van der Waals surface area contributed by atoms with Crippen molar-refractivity contribution >= 4 is 0 Å². The van der Waals surface area contributed by atoms with Crippen LogP contribution in [0.25, 0.3) is 0 Å². The van der Waals surface area contributed by atoms with Gasteiger partial charge in [-0.05, 0) is 207 Å². The SMILES string of the molecule is CCCOc1ccccc1.N.N.NN1CCCCC1.OC1(Cc2ccccc2)CCNCC1.OC1(Cc2ccccc2)CCNCC1.c1ccc(CC2CCNCC2)cc1.c1ccc(CC2CCNCC2)cc1.c1ccc(OCCNN2CCCCC2)cc1. The zero-order chi connectivity index (χ0) is 61.0. The Morgan fingerprint density at radius 2 is 0.742 bits per heavy atom. The Kier molecular flexibility index (Phi) is 40.4. The van der Waals surface area contributed by atoms with Gasteiger partial charge in [0.15, 0.2) is 0 Å². The van der Waals surface area contributed by atoms with E-state index in [-0.39, 0.29) is 12.3 Å². The molecule has 0 radical (unpaired) electrons. The number of piperidine rings is 6. The molecule has 0 unspecified atom stereocenters. The summed E-state index contributed by atoms with van der Waals surface area (Å²) in [7, 11) is 0. The van der Waals surface area contributed by atoms with Crippen molar-refractivity contribution in [1.29, 1.82) is 0 Å². The number of nitrogens with one attached hydrogen (secondary N) is 5. The Morgan fingerprint density at radius 3 is 1.08 bits per heavy atom. The maximum Gasteiger partial charge on any atom is 0.119 e. The fourth-order valence-corrected chi connectivity index (χ4v) is 11.8. The van der Waals surface area contributed by atoms with Crippen molar-refractivity contribution < 1.29 is 19.7 Å². The van der Waals surface area contributed by atoms with Crippen LogP contribution in [0.4, 0.5) is 0 Å². The summed E-state index contributed by atoms with van der Waals surface area (Å²) in [5, 5.41) is 38.1. The van der Waals surface area contributed by atoms with Crippen LogP contribution in [0.2, 0.25) is 0 Å². The minimum absolute atomic E-state index is 0. The molecule has 6 aromatic carbocycles. The summed E-state index contributed by atoms with van der Waals surface area (Å²) in [6.45, 7) is 17.6. The van der Waals surface area contributed by atoms with Crippen LogP contribution in [0.5, 0.6) is 11.5 Å². The molecule has 6 aliphatic rings. The van der Waals surface area contributed by atoms with Crippen LogP contribution in [0.1, 0.15) is 125 Å². The van der Waals surface area contributed by atoms with Gasteiger partial charge in [0.1, 0.15) is 18.1 Å². The topological polar surface area (TPSA) is 222 Å². The number of rotatable bonds is 16. The molecule has 492 valence electrons. The summed E-state index contributed by atoms with van der Waals surface area (Å²) in [4.78, 5) is 0. The van der Waals surface area contributed by atoms with Gasteiger partial charge in [0, 0.05) is 45.6 Å². The zero-order valence-electron chi connectivity index (χ0n) is 54.6. The minimum Gasteiger partial charge on any atom is -0.494 e. The van der Waals surface area contributed by atoms with E-state index >= 15 is 0 Å². The first kappa shape index (κ1) is 75.9. The number of para-hydroxylation sites is 2. The van der Waals surface area contributed by atoms with Crippen molar-refractivity contribution in [3.63, 3.8) is 0 Å². The predicted octanol–water partition coefficient (Wildman–Crippen LogP) is 12.3. The van der Waals surface area contributed by atoms with E-state index in [0.29, 0.717) is 0 Å². The number of nitrogens with zero attached hydrogens (tertiary/aromatic N) is 2. The first-order chi connectivity index (χ1) is 42.7. The van der Waals surface area contributed by atoms with Gasteiger partial charge in [0.2, 0.25) is 0 Å². The number of nitrogens with two attached hydrogens (primary N) is 1.